The molecule has 0 aliphatic carbocycles. The quantitative estimate of drug-likeness (QED) is 0.724. The van der Waals surface area contributed by atoms with Crippen LogP contribution in [-0.2, 0) is 6.54 Å². The Balaban J connectivity index is 1.58. The van der Waals surface area contributed by atoms with Crippen molar-refractivity contribution in [2.45, 2.75) is 6.54 Å². The second-order valence-electron chi connectivity index (χ2n) is 4.74. The summed E-state index contributed by atoms with van der Waals surface area (Å²) in [4.78, 5) is 0. The fraction of sp³-hybridized carbons (Fsp3) is 0.125. The Morgan fingerprint density at radius 1 is 0.826 bits per heavy atom. The Morgan fingerprint density at radius 3 is 2.13 bits per heavy atom. The number of hydrogen-bond donors (Lipinski definition) is 2. The number of anilines is 3. The molecule has 7 nitrogen and oxygen atoms in total. The van der Waals surface area contributed by atoms with E-state index in [1.807, 2.05) is 54.6 Å². The van der Waals surface area contributed by atoms with Crippen LogP contribution in [0.15, 0.2) is 54.6 Å². The van der Waals surface area contributed by atoms with Gasteiger partial charge in [-0.2, -0.15) is 0 Å². The lowest BCUT2D eigenvalue weighted by Crippen LogP contribution is -2.08. The average Bonchev–Trinajstić information content (AvgIpc) is 2.63. The number of nitrogens with zero attached hydrogens (tertiary/aromatic N) is 4. The van der Waals surface area contributed by atoms with Gasteiger partial charge in [-0.1, -0.05) is 30.3 Å². The summed E-state index contributed by atoms with van der Waals surface area (Å²) in [5.41, 5.74) is 1.97. The second kappa shape index (κ2) is 7.17. The van der Waals surface area contributed by atoms with Crippen LogP contribution in [0.5, 0.6) is 5.75 Å². The Bertz CT molecular complexity index is 731. The summed E-state index contributed by atoms with van der Waals surface area (Å²) in [6.07, 6.45) is 0. The average molecular weight is 308 g/mol. The van der Waals surface area contributed by atoms with Crippen molar-refractivity contribution in [1.29, 1.82) is 0 Å². The molecular formula is C16H16N6O. The summed E-state index contributed by atoms with van der Waals surface area (Å²) in [6.45, 7) is 0.620. The molecule has 1 heterocycles. The van der Waals surface area contributed by atoms with E-state index in [4.69, 9.17) is 4.74 Å². The lowest BCUT2D eigenvalue weighted by atomic mass is 10.2. The van der Waals surface area contributed by atoms with Crippen molar-refractivity contribution in [3.05, 3.63) is 60.2 Å². The van der Waals surface area contributed by atoms with Crippen molar-refractivity contribution in [2.75, 3.05) is 17.7 Å². The Morgan fingerprint density at radius 2 is 1.48 bits per heavy atom. The molecule has 3 rings (SSSR count). The molecule has 3 aromatic rings. The highest BCUT2D eigenvalue weighted by atomic mass is 16.5. The molecule has 0 aliphatic rings. The zero-order valence-corrected chi connectivity index (χ0v) is 12.6. The third-order valence-corrected chi connectivity index (χ3v) is 3.12. The first-order valence-corrected chi connectivity index (χ1v) is 7.10. The zero-order chi connectivity index (χ0) is 15.9. The maximum Gasteiger partial charge on any atom is 0.266 e. The van der Waals surface area contributed by atoms with Gasteiger partial charge in [0.1, 0.15) is 5.75 Å². The minimum Gasteiger partial charge on any atom is -0.497 e. The molecule has 0 aliphatic heterocycles. The van der Waals surface area contributed by atoms with Crippen LogP contribution >= 0.6 is 0 Å². The van der Waals surface area contributed by atoms with Gasteiger partial charge < -0.3 is 15.4 Å². The van der Waals surface area contributed by atoms with Gasteiger partial charge in [0.05, 0.1) is 7.11 Å². The largest absolute Gasteiger partial charge is 0.497 e. The summed E-state index contributed by atoms with van der Waals surface area (Å²) in [5, 5.41) is 22.1. The standard InChI is InChI=1S/C16H16N6O/c1-23-14-9-7-13(8-10-14)18-16-21-19-15(20-22-16)17-11-12-5-3-2-4-6-12/h2-10H,11H2,1H3,(H,17,19,20)(H,18,21,22). The van der Waals surface area contributed by atoms with E-state index in [1.54, 1.807) is 7.11 Å². The topological polar surface area (TPSA) is 84.9 Å². The van der Waals surface area contributed by atoms with Crippen LogP contribution in [-0.4, -0.2) is 27.5 Å². The number of ether oxygens (including phenoxy) is 1. The number of nitrogens with one attached hydrogen (secondary N) is 2. The third-order valence-electron chi connectivity index (χ3n) is 3.12. The van der Waals surface area contributed by atoms with E-state index in [-0.39, 0.29) is 0 Å². The van der Waals surface area contributed by atoms with E-state index >= 15 is 0 Å². The number of methoxy groups -OCH3 is 1. The lowest BCUT2D eigenvalue weighted by molar-refractivity contribution is 0.415. The molecule has 0 spiro atoms. The number of hydrogen-bond acceptors (Lipinski definition) is 7. The molecule has 0 saturated heterocycles. The maximum atomic E-state index is 5.11. The number of benzene rings is 2. The van der Waals surface area contributed by atoms with Crippen LogP contribution in [0.1, 0.15) is 5.56 Å². The normalized spacial score (nSPS) is 10.1. The van der Waals surface area contributed by atoms with Gasteiger partial charge in [-0.05, 0) is 29.8 Å². The first-order valence-electron chi connectivity index (χ1n) is 7.10. The SMILES string of the molecule is COc1ccc(Nc2nnc(NCc3ccccc3)nn2)cc1. The summed E-state index contributed by atoms with van der Waals surface area (Å²) < 4.78 is 5.11. The van der Waals surface area contributed by atoms with Gasteiger partial charge in [-0.25, -0.2) is 0 Å². The molecule has 1 aromatic heterocycles. The van der Waals surface area contributed by atoms with E-state index in [9.17, 15) is 0 Å². The van der Waals surface area contributed by atoms with Gasteiger partial charge in [0, 0.05) is 12.2 Å². The molecule has 0 unspecified atom stereocenters. The molecule has 0 bridgehead atoms. The van der Waals surface area contributed by atoms with Crippen LogP contribution in [0.25, 0.3) is 0 Å². The van der Waals surface area contributed by atoms with E-state index in [0.29, 0.717) is 18.4 Å². The molecule has 116 valence electrons. The van der Waals surface area contributed by atoms with E-state index in [2.05, 4.69) is 31.0 Å². The van der Waals surface area contributed by atoms with E-state index in [0.717, 1.165) is 17.0 Å². The summed E-state index contributed by atoms with van der Waals surface area (Å²) in [7, 11) is 1.63. The van der Waals surface area contributed by atoms with Gasteiger partial charge in [0.2, 0.25) is 0 Å². The number of rotatable bonds is 6. The predicted octanol–water partition coefficient (Wildman–Crippen LogP) is 2.63. The fourth-order valence-corrected chi connectivity index (χ4v) is 1.93. The van der Waals surface area contributed by atoms with Gasteiger partial charge in [-0.15, -0.1) is 20.4 Å². The molecule has 23 heavy (non-hydrogen) atoms. The summed E-state index contributed by atoms with van der Waals surface area (Å²) >= 11 is 0. The molecule has 0 saturated carbocycles. The monoisotopic (exact) mass is 308 g/mol. The zero-order valence-electron chi connectivity index (χ0n) is 12.6. The Hall–Kier alpha value is -3.22. The smallest absolute Gasteiger partial charge is 0.266 e. The molecule has 2 aromatic carbocycles. The molecule has 0 amide bonds. The highest BCUT2D eigenvalue weighted by molar-refractivity contribution is 5.53. The fourth-order valence-electron chi connectivity index (χ4n) is 1.93. The van der Waals surface area contributed by atoms with Crippen LogP contribution in [0.4, 0.5) is 17.6 Å². The van der Waals surface area contributed by atoms with Crippen molar-refractivity contribution in [3.63, 3.8) is 0 Å². The van der Waals surface area contributed by atoms with Gasteiger partial charge in [0.15, 0.2) is 0 Å². The van der Waals surface area contributed by atoms with Crippen LogP contribution in [0.2, 0.25) is 0 Å². The molecular weight excluding hydrogens is 292 g/mol. The first-order chi connectivity index (χ1) is 11.3. The predicted molar refractivity (Wildman–Crippen MR) is 87.7 cm³/mol. The maximum absolute atomic E-state index is 5.11. The van der Waals surface area contributed by atoms with Crippen LogP contribution in [0.3, 0.4) is 0 Å². The summed E-state index contributed by atoms with van der Waals surface area (Å²) in [6, 6.07) is 17.4. The van der Waals surface area contributed by atoms with Crippen LogP contribution in [0, 0.1) is 0 Å². The molecule has 2 N–H and O–H groups in total. The molecule has 0 fully saturated rings. The molecule has 0 atom stereocenters. The van der Waals surface area contributed by atoms with Crippen molar-refractivity contribution < 1.29 is 4.74 Å². The minimum atomic E-state index is 0.334. The van der Waals surface area contributed by atoms with Gasteiger partial charge >= 0.3 is 0 Å². The second-order valence-corrected chi connectivity index (χ2v) is 4.74. The van der Waals surface area contributed by atoms with E-state index < -0.39 is 0 Å². The van der Waals surface area contributed by atoms with E-state index in [1.165, 1.54) is 0 Å². The lowest BCUT2D eigenvalue weighted by Gasteiger charge is -2.06. The third kappa shape index (κ3) is 4.13. The van der Waals surface area contributed by atoms with Crippen molar-refractivity contribution in [2.24, 2.45) is 0 Å². The summed E-state index contributed by atoms with van der Waals surface area (Å²) in [5.74, 6) is 1.50. The van der Waals surface area contributed by atoms with Crippen LogP contribution < -0.4 is 15.4 Å². The highest BCUT2D eigenvalue weighted by Crippen LogP contribution is 2.17. The highest BCUT2D eigenvalue weighted by Gasteiger charge is 2.02. The van der Waals surface area contributed by atoms with Gasteiger partial charge in [0.25, 0.3) is 11.9 Å². The molecule has 0 radical (unpaired) electrons. The molecule has 7 heteroatoms. The van der Waals surface area contributed by atoms with Crippen molar-refractivity contribution >= 4 is 17.6 Å². The Kier molecular flexibility index (Phi) is 4.58. The Labute approximate surface area is 133 Å². The van der Waals surface area contributed by atoms with Crippen molar-refractivity contribution in [1.82, 2.24) is 20.4 Å². The van der Waals surface area contributed by atoms with Gasteiger partial charge in [-0.3, -0.25) is 0 Å². The minimum absolute atomic E-state index is 0.334. The number of aromatic nitrogens is 4. The van der Waals surface area contributed by atoms with Crippen molar-refractivity contribution in [3.8, 4) is 5.75 Å². The first kappa shape index (κ1) is 14.7.